The second-order valence-electron chi connectivity index (χ2n) is 6.77. The zero-order chi connectivity index (χ0) is 16.7. The van der Waals surface area contributed by atoms with Gasteiger partial charge >= 0.3 is 0 Å². The van der Waals surface area contributed by atoms with Gasteiger partial charge in [-0.25, -0.2) is 4.98 Å². The standard InChI is InChI=1S/C18H22N4OS/c1-11-16(12-5-7-22(11)8-6-12)21-17(23)18-20-10-15(24-18)13-3-2-4-14(19)9-13/h2-4,9-12,16H,5-8,19H2,1H3,(H,21,23)/t11-,16+/m1/s1. The number of carbonyl (C=O) groups is 1. The summed E-state index contributed by atoms with van der Waals surface area (Å²) >= 11 is 1.42. The van der Waals surface area contributed by atoms with Gasteiger partial charge < -0.3 is 11.1 Å². The Bertz CT molecular complexity index is 749. The largest absolute Gasteiger partial charge is 0.399 e. The molecule has 2 atom stereocenters. The van der Waals surface area contributed by atoms with Gasteiger partial charge in [0, 0.05) is 24.0 Å². The minimum Gasteiger partial charge on any atom is -0.399 e. The van der Waals surface area contributed by atoms with E-state index < -0.39 is 0 Å². The molecule has 3 aliphatic rings. The van der Waals surface area contributed by atoms with E-state index in [1.54, 1.807) is 6.20 Å². The van der Waals surface area contributed by atoms with Gasteiger partial charge in [0.1, 0.15) is 0 Å². The molecule has 4 heterocycles. The molecule has 3 N–H and O–H groups in total. The number of hydrogen-bond acceptors (Lipinski definition) is 5. The molecule has 0 saturated carbocycles. The summed E-state index contributed by atoms with van der Waals surface area (Å²) in [6, 6.07) is 8.31. The maximum absolute atomic E-state index is 12.6. The summed E-state index contributed by atoms with van der Waals surface area (Å²) in [6.45, 7) is 4.54. The molecule has 24 heavy (non-hydrogen) atoms. The Balaban J connectivity index is 1.49. The molecule has 0 unspecified atom stereocenters. The number of amides is 1. The van der Waals surface area contributed by atoms with Crippen LogP contribution in [0.4, 0.5) is 5.69 Å². The van der Waals surface area contributed by atoms with Crippen molar-refractivity contribution in [1.29, 1.82) is 0 Å². The molecule has 5 rings (SSSR count). The van der Waals surface area contributed by atoms with E-state index in [0.29, 0.717) is 22.7 Å². The molecule has 3 fully saturated rings. The molecule has 1 aromatic carbocycles. The number of benzene rings is 1. The van der Waals surface area contributed by atoms with Crippen LogP contribution >= 0.6 is 11.3 Å². The van der Waals surface area contributed by atoms with Crippen molar-refractivity contribution in [3.8, 4) is 10.4 Å². The lowest BCUT2D eigenvalue weighted by Crippen LogP contribution is -2.62. The fourth-order valence-electron chi connectivity index (χ4n) is 3.96. The zero-order valence-corrected chi connectivity index (χ0v) is 14.6. The number of nitrogens with zero attached hydrogens (tertiary/aromatic N) is 2. The van der Waals surface area contributed by atoms with E-state index in [2.05, 4.69) is 22.1 Å². The van der Waals surface area contributed by atoms with E-state index in [-0.39, 0.29) is 11.9 Å². The second kappa shape index (κ2) is 6.18. The number of aromatic nitrogens is 1. The first-order chi connectivity index (χ1) is 11.6. The molecule has 6 heteroatoms. The molecule has 0 spiro atoms. The van der Waals surface area contributed by atoms with Crippen LogP contribution in [0, 0.1) is 5.92 Å². The molecule has 3 saturated heterocycles. The topological polar surface area (TPSA) is 71.2 Å². The quantitative estimate of drug-likeness (QED) is 0.841. The highest BCUT2D eigenvalue weighted by Gasteiger charge is 2.40. The fraction of sp³-hybridized carbons (Fsp3) is 0.444. The normalized spacial score (nSPS) is 28.7. The van der Waals surface area contributed by atoms with Crippen LogP contribution in [0.5, 0.6) is 0 Å². The number of anilines is 1. The third-order valence-electron chi connectivity index (χ3n) is 5.35. The maximum Gasteiger partial charge on any atom is 0.280 e. The number of nitrogens with two attached hydrogens (primary N) is 1. The van der Waals surface area contributed by atoms with Crippen molar-refractivity contribution in [2.24, 2.45) is 5.92 Å². The van der Waals surface area contributed by atoms with Crippen LogP contribution in [0.15, 0.2) is 30.5 Å². The highest BCUT2D eigenvalue weighted by atomic mass is 32.1. The first-order valence-corrected chi connectivity index (χ1v) is 9.30. The van der Waals surface area contributed by atoms with Crippen LogP contribution in [0.1, 0.15) is 29.6 Å². The SMILES string of the molecule is C[C@@H]1[C@H](NC(=O)c2ncc(-c3cccc(N)c3)s2)C2CCN1CC2. The minimum absolute atomic E-state index is 0.0549. The van der Waals surface area contributed by atoms with E-state index in [9.17, 15) is 4.79 Å². The summed E-state index contributed by atoms with van der Waals surface area (Å²) in [6.07, 6.45) is 4.12. The van der Waals surface area contributed by atoms with E-state index in [4.69, 9.17) is 5.73 Å². The lowest BCUT2D eigenvalue weighted by molar-refractivity contribution is 0.0217. The molecule has 0 radical (unpaired) electrons. The third kappa shape index (κ3) is 2.80. The summed E-state index contributed by atoms with van der Waals surface area (Å²) in [5.74, 6) is 0.544. The highest BCUT2D eigenvalue weighted by Crippen LogP contribution is 2.33. The van der Waals surface area contributed by atoms with Gasteiger partial charge in [-0.2, -0.15) is 0 Å². The number of nitrogen functional groups attached to an aromatic ring is 1. The Morgan fingerprint density at radius 1 is 1.38 bits per heavy atom. The second-order valence-corrected chi connectivity index (χ2v) is 7.80. The maximum atomic E-state index is 12.6. The summed E-state index contributed by atoms with van der Waals surface area (Å²) in [5, 5.41) is 3.76. The Kier molecular flexibility index (Phi) is 4.02. The van der Waals surface area contributed by atoms with Gasteiger partial charge in [0.25, 0.3) is 5.91 Å². The number of piperidine rings is 3. The average molecular weight is 342 g/mol. The molecular weight excluding hydrogens is 320 g/mol. The summed E-state index contributed by atoms with van der Waals surface area (Å²) in [7, 11) is 0. The van der Waals surface area contributed by atoms with E-state index in [1.165, 1.54) is 24.2 Å². The molecule has 0 aliphatic carbocycles. The van der Waals surface area contributed by atoms with Crippen molar-refractivity contribution >= 4 is 22.9 Å². The van der Waals surface area contributed by atoms with Gasteiger partial charge in [0.15, 0.2) is 5.01 Å². The van der Waals surface area contributed by atoms with E-state index in [0.717, 1.165) is 23.5 Å². The van der Waals surface area contributed by atoms with Crippen molar-refractivity contribution in [1.82, 2.24) is 15.2 Å². The first-order valence-electron chi connectivity index (χ1n) is 8.48. The Morgan fingerprint density at radius 3 is 2.88 bits per heavy atom. The number of nitrogens with one attached hydrogen (secondary N) is 1. The van der Waals surface area contributed by atoms with Gasteiger partial charge in [-0.15, -0.1) is 11.3 Å². The van der Waals surface area contributed by atoms with Crippen LogP contribution < -0.4 is 11.1 Å². The van der Waals surface area contributed by atoms with Gasteiger partial charge in [0.05, 0.1) is 4.88 Å². The highest BCUT2D eigenvalue weighted by molar-refractivity contribution is 7.17. The van der Waals surface area contributed by atoms with Crippen molar-refractivity contribution < 1.29 is 4.79 Å². The van der Waals surface area contributed by atoms with Gasteiger partial charge in [-0.3, -0.25) is 9.69 Å². The van der Waals surface area contributed by atoms with Gasteiger partial charge in [-0.1, -0.05) is 12.1 Å². The number of fused-ring (bicyclic) bond motifs is 3. The monoisotopic (exact) mass is 342 g/mol. The number of hydrogen-bond donors (Lipinski definition) is 2. The predicted octanol–water partition coefficient (Wildman–Crippen LogP) is 2.60. The van der Waals surface area contributed by atoms with Crippen LogP contribution in [0.25, 0.3) is 10.4 Å². The molecule has 2 bridgehead atoms. The molecule has 1 aromatic heterocycles. The molecule has 2 aromatic rings. The van der Waals surface area contributed by atoms with Crippen molar-refractivity contribution in [3.63, 3.8) is 0 Å². The smallest absolute Gasteiger partial charge is 0.280 e. The lowest BCUT2D eigenvalue weighted by Gasteiger charge is -2.49. The van der Waals surface area contributed by atoms with Crippen LogP contribution in [0.3, 0.4) is 0 Å². The Labute approximate surface area is 145 Å². The van der Waals surface area contributed by atoms with Crippen molar-refractivity contribution in [2.45, 2.75) is 31.8 Å². The van der Waals surface area contributed by atoms with Crippen molar-refractivity contribution in [2.75, 3.05) is 18.8 Å². The summed E-state index contributed by atoms with van der Waals surface area (Å²) in [5.41, 5.74) is 7.55. The molecule has 3 aliphatic heterocycles. The zero-order valence-electron chi connectivity index (χ0n) is 13.7. The number of thiazole rings is 1. The fourth-order valence-corrected chi connectivity index (χ4v) is 4.78. The van der Waals surface area contributed by atoms with E-state index in [1.807, 2.05) is 24.3 Å². The lowest BCUT2D eigenvalue weighted by atomic mass is 9.79. The molecular formula is C18H22N4OS. The third-order valence-corrected chi connectivity index (χ3v) is 6.39. The average Bonchev–Trinajstić information content (AvgIpc) is 3.09. The molecule has 5 nitrogen and oxygen atoms in total. The minimum atomic E-state index is -0.0549. The van der Waals surface area contributed by atoms with Crippen LogP contribution in [-0.2, 0) is 0 Å². The van der Waals surface area contributed by atoms with Crippen LogP contribution in [0.2, 0.25) is 0 Å². The summed E-state index contributed by atoms with van der Waals surface area (Å²) < 4.78 is 0. The van der Waals surface area contributed by atoms with Gasteiger partial charge in [0.2, 0.25) is 0 Å². The van der Waals surface area contributed by atoms with Crippen molar-refractivity contribution in [3.05, 3.63) is 35.5 Å². The van der Waals surface area contributed by atoms with E-state index >= 15 is 0 Å². The molecule has 126 valence electrons. The molecule has 1 amide bonds. The first kappa shape index (κ1) is 15.6. The Morgan fingerprint density at radius 2 is 2.17 bits per heavy atom. The number of carbonyl (C=O) groups excluding carboxylic acids is 1. The van der Waals surface area contributed by atoms with Crippen LogP contribution in [-0.4, -0.2) is 41.0 Å². The van der Waals surface area contributed by atoms with Gasteiger partial charge in [-0.05, 0) is 56.5 Å². The number of rotatable bonds is 3. The predicted molar refractivity (Wildman–Crippen MR) is 97.0 cm³/mol. The Hall–Kier alpha value is -1.92. The summed E-state index contributed by atoms with van der Waals surface area (Å²) in [4.78, 5) is 20.4.